The lowest BCUT2D eigenvalue weighted by atomic mass is 9.78. The van der Waals surface area contributed by atoms with E-state index in [1.807, 2.05) is 6.07 Å². The van der Waals surface area contributed by atoms with Crippen LogP contribution >= 0.6 is 0 Å². The van der Waals surface area contributed by atoms with Crippen LogP contribution in [-0.4, -0.2) is 12.6 Å². The van der Waals surface area contributed by atoms with Gasteiger partial charge in [-0.05, 0) is 37.2 Å². The first-order valence-corrected chi connectivity index (χ1v) is 6.22. The van der Waals surface area contributed by atoms with Gasteiger partial charge in [0.2, 0.25) is 0 Å². The van der Waals surface area contributed by atoms with E-state index in [0.717, 1.165) is 19.1 Å². The molecule has 16 heavy (non-hydrogen) atoms. The Kier molecular flexibility index (Phi) is 4.37. The second kappa shape index (κ2) is 6.02. The molecule has 0 aliphatic heterocycles. The summed E-state index contributed by atoms with van der Waals surface area (Å²) >= 11 is 0. The molecule has 0 radical (unpaired) electrons. The van der Waals surface area contributed by atoms with E-state index < -0.39 is 0 Å². The van der Waals surface area contributed by atoms with E-state index in [2.05, 4.69) is 24.3 Å². The normalized spacial score (nSPS) is 24.1. The van der Waals surface area contributed by atoms with Gasteiger partial charge in [-0.3, -0.25) is 0 Å². The van der Waals surface area contributed by atoms with Crippen LogP contribution in [0.4, 0.5) is 0 Å². The number of nitrogens with two attached hydrogens (primary N) is 1. The molecule has 1 aromatic rings. The molecule has 2 nitrogen and oxygen atoms in total. The van der Waals surface area contributed by atoms with E-state index in [9.17, 15) is 0 Å². The van der Waals surface area contributed by atoms with Crippen molar-refractivity contribution in [2.45, 2.75) is 38.3 Å². The first kappa shape index (κ1) is 11.6. The van der Waals surface area contributed by atoms with Crippen molar-refractivity contribution in [3.8, 4) is 0 Å². The highest BCUT2D eigenvalue weighted by Crippen LogP contribution is 2.29. The molecular formula is C14H21NO. The van der Waals surface area contributed by atoms with Crippen molar-refractivity contribution >= 4 is 0 Å². The molecule has 0 atom stereocenters. The topological polar surface area (TPSA) is 35.2 Å². The summed E-state index contributed by atoms with van der Waals surface area (Å²) in [5, 5.41) is 0. The van der Waals surface area contributed by atoms with Gasteiger partial charge in [0.25, 0.3) is 0 Å². The predicted octanol–water partition coefficient (Wildman–Crippen LogP) is 2.72. The third-order valence-electron chi connectivity index (χ3n) is 3.28. The van der Waals surface area contributed by atoms with Crippen LogP contribution in [0, 0.1) is 5.92 Å². The van der Waals surface area contributed by atoms with Crippen molar-refractivity contribution in [3.63, 3.8) is 0 Å². The smallest absolute Gasteiger partial charge is 0.0716 e. The molecule has 88 valence electrons. The minimum absolute atomic E-state index is 0.482. The summed E-state index contributed by atoms with van der Waals surface area (Å²) in [6.45, 7) is 1.62. The van der Waals surface area contributed by atoms with Crippen LogP contribution in [0.5, 0.6) is 0 Å². The summed E-state index contributed by atoms with van der Waals surface area (Å²) in [7, 11) is 0. The fraction of sp³-hybridized carbons (Fsp3) is 0.571. The first-order chi connectivity index (χ1) is 7.84. The van der Waals surface area contributed by atoms with Crippen molar-refractivity contribution in [2.75, 3.05) is 6.61 Å². The fourth-order valence-corrected chi connectivity index (χ4v) is 2.26. The molecule has 1 fully saturated rings. The Morgan fingerprint density at radius 2 is 1.94 bits per heavy atom. The van der Waals surface area contributed by atoms with Crippen LogP contribution < -0.4 is 5.73 Å². The number of hydrogen-bond donors (Lipinski definition) is 1. The molecule has 0 unspecified atom stereocenters. The highest BCUT2D eigenvalue weighted by Gasteiger charge is 2.24. The highest BCUT2D eigenvalue weighted by atomic mass is 16.5. The molecule has 0 bridgehead atoms. The second-order valence-corrected chi connectivity index (χ2v) is 4.78. The minimum atomic E-state index is 0.482. The number of hydrogen-bond acceptors (Lipinski definition) is 2. The lowest BCUT2D eigenvalue weighted by Gasteiger charge is -2.32. The van der Waals surface area contributed by atoms with Crippen molar-refractivity contribution in [2.24, 2.45) is 11.7 Å². The zero-order valence-corrected chi connectivity index (χ0v) is 9.77. The fourth-order valence-electron chi connectivity index (χ4n) is 2.26. The van der Waals surface area contributed by atoms with E-state index in [1.165, 1.54) is 31.2 Å². The largest absolute Gasteiger partial charge is 0.377 e. The molecule has 1 saturated carbocycles. The summed E-state index contributed by atoms with van der Waals surface area (Å²) in [4.78, 5) is 0. The average molecular weight is 219 g/mol. The molecule has 0 aromatic heterocycles. The van der Waals surface area contributed by atoms with Gasteiger partial charge >= 0.3 is 0 Å². The van der Waals surface area contributed by atoms with Crippen LogP contribution in [-0.2, 0) is 11.3 Å². The van der Waals surface area contributed by atoms with Gasteiger partial charge in [-0.25, -0.2) is 0 Å². The van der Waals surface area contributed by atoms with Gasteiger partial charge in [0, 0.05) is 12.6 Å². The summed E-state index contributed by atoms with van der Waals surface area (Å²) in [5.41, 5.74) is 7.00. The van der Waals surface area contributed by atoms with Gasteiger partial charge in [0.05, 0.1) is 6.61 Å². The zero-order chi connectivity index (χ0) is 11.2. The van der Waals surface area contributed by atoms with Crippen LogP contribution in [0.2, 0.25) is 0 Å². The van der Waals surface area contributed by atoms with Gasteiger partial charge < -0.3 is 10.5 Å². The Bertz CT molecular complexity index is 293. The predicted molar refractivity (Wildman–Crippen MR) is 66.0 cm³/mol. The maximum atomic E-state index is 5.74. The van der Waals surface area contributed by atoms with Crippen molar-refractivity contribution in [1.29, 1.82) is 0 Å². The van der Waals surface area contributed by atoms with E-state index in [-0.39, 0.29) is 0 Å². The van der Waals surface area contributed by atoms with Crippen molar-refractivity contribution < 1.29 is 4.74 Å². The number of benzene rings is 1. The molecule has 0 spiro atoms. The molecular weight excluding hydrogens is 198 g/mol. The lowest BCUT2D eigenvalue weighted by molar-refractivity contribution is 0.107. The Balaban J connectivity index is 1.49. The van der Waals surface area contributed by atoms with Crippen molar-refractivity contribution in [1.82, 2.24) is 0 Å². The molecule has 0 saturated heterocycles. The van der Waals surface area contributed by atoms with Gasteiger partial charge in [-0.1, -0.05) is 30.3 Å². The van der Waals surface area contributed by atoms with Gasteiger partial charge in [0.1, 0.15) is 0 Å². The third-order valence-corrected chi connectivity index (χ3v) is 3.28. The molecule has 0 heterocycles. The number of rotatable bonds is 6. The first-order valence-electron chi connectivity index (χ1n) is 6.22. The Labute approximate surface area is 97.8 Å². The van der Waals surface area contributed by atoms with Crippen LogP contribution in [0.15, 0.2) is 30.3 Å². The summed E-state index contributed by atoms with van der Waals surface area (Å²) in [5.74, 6) is 0.871. The quantitative estimate of drug-likeness (QED) is 0.747. The van der Waals surface area contributed by atoms with E-state index >= 15 is 0 Å². The molecule has 2 heteroatoms. The van der Waals surface area contributed by atoms with Crippen LogP contribution in [0.1, 0.15) is 31.2 Å². The second-order valence-electron chi connectivity index (χ2n) is 4.78. The maximum Gasteiger partial charge on any atom is 0.0716 e. The molecule has 1 aromatic carbocycles. The minimum Gasteiger partial charge on any atom is -0.377 e. The van der Waals surface area contributed by atoms with Crippen LogP contribution in [0.3, 0.4) is 0 Å². The lowest BCUT2D eigenvalue weighted by Crippen LogP contribution is -2.36. The molecule has 2 rings (SSSR count). The molecule has 2 N–H and O–H groups in total. The Morgan fingerprint density at radius 1 is 1.19 bits per heavy atom. The molecule has 0 amide bonds. The zero-order valence-electron chi connectivity index (χ0n) is 9.77. The van der Waals surface area contributed by atoms with Gasteiger partial charge in [-0.2, -0.15) is 0 Å². The summed E-state index contributed by atoms with van der Waals surface area (Å²) in [6.07, 6.45) is 4.89. The Hall–Kier alpha value is -0.860. The standard InChI is InChI=1S/C14H21NO/c15-14-9-13(10-14)7-4-8-16-11-12-5-2-1-3-6-12/h1-3,5-6,13-14H,4,7-11,15H2. The van der Waals surface area contributed by atoms with Crippen molar-refractivity contribution in [3.05, 3.63) is 35.9 Å². The third kappa shape index (κ3) is 3.62. The Morgan fingerprint density at radius 3 is 2.62 bits per heavy atom. The highest BCUT2D eigenvalue weighted by molar-refractivity contribution is 5.13. The van der Waals surface area contributed by atoms with E-state index in [1.54, 1.807) is 0 Å². The van der Waals surface area contributed by atoms with Gasteiger partial charge in [-0.15, -0.1) is 0 Å². The average Bonchev–Trinajstić information content (AvgIpc) is 2.27. The molecule has 1 aliphatic rings. The maximum absolute atomic E-state index is 5.74. The SMILES string of the molecule is NC1CC(CCCOCc2ccccc2)C1. The molecule has 1 aliphatic carbocycles. The van der Waals surface area contributed by atoms with Gasteiger partial charge in [0.15, 0.2) is 0 Å². The van der Waals surface area contributed by atoms with E-state index in [0.29, 0.717) is 6.04 Å². The number of ether oxygens (including phenoxy) is 1. The van der Waals surface area contributed by atoms with E-state index in [4.69, 9.17) is 10.5 Å². The summed E-state index contributed by atoms with van der Waals surface area (Å²) in [6, 6.07) is 10.8. The summed E-state index contributed by atoms with van der Waals surface area (Å²) < 4.78 is 5.63. The monoisotopic (exact) mass is 219 g/mol. The van der Waals surface area contributed by atoms with Crippen LogP contribution in [0.25, 0.3) is 0 Å².